The van der Waals surface area contributed by atoms with Crippen molar-refractivity contribution in [2.75, 3.05) is 7.11 Å². The molecule has 3 nitrogen and oxygen atoms in total. The molecule has 4 aliphatic rings. The quantitative estimate of drug-likeness (QED) is 0.608. The molecule has 0 aromatic heterocycles. The van der Waals surface area contributed by atoms with Crippen LogP contribution in [0, 0.1) is 52.3 Å². The predicted octanol–water partition coefficient (Wildman–Crippen LogP) is 5.43. The molecule has 0 bridgehead atoms. The van der Waals surface area contributed by atoms with Gasteiger partial charge in [0.2, 0.25) is 0 Å². The van der Waals surface area contributed by atoms with Crippen molar-refractivity contribution >= 4 is 0 Å². The summed E-state index contributed by atoms with van der Waals surface area (Å²) in [4.78, 5) is 0. The van der Waals surface area contributed by atoms with Gasteiger partial charge in [-0.25, -0.2) is 0 Å². The molecular formula is C29H40O3. The van der Waals surface area contributed by atoms with E-state index in [1.165, 1.54) is 38.5 Å². The topological polar surface area (TPSA) is 49.7 Å². The Morgan fingerprint density at radius 2 is 1.66 bits per heavy atom. The van der Waals surface area contributed by atoms with E-state index in [-0.39, 0.29) is 17.4 Å². The molecule has 32 heavy (non-hydrogen) atoms. The van der Waals surface area contributed by atoms with Crippen LogP contribution in [0.4, 0.5) is 0 Å². The molecule has 174 valence electrons. The number of hydrogen-bond acceptors (Lipinski definition) is 3. The van der Waals surface area contributed by atoms with E-state index in [0.717, 1.165) is 42.4 Å². The molecule has 5 rings (SSSR count). The number of methoxy groups -OCH3 is 1. The first-order valence-corrected chi connectivity index (χ1v) is 12.9. The lowest BCUT2D eigenvalue weighted by Crippen LogP contribution is -2.54. The van der Waals surface area contributed by atoms with Crippen LogP contribution in [0.25, 0.3) is 0 Å². The summed E-state index contributed by atoms with van der Waals surface area (Å²) in [5.74, 6) is 10.5. The number of hydrogen-bond donors (Lipinski definition) is 2. The zero-order valence-corrected chi connectivity index (χ0v) is 20.0. The van der Waals surface area contributed by atoms with E-state index < -0.39 is 6.10 Å². The Morgan fingerprint density at radius 3 is 2.41 bits per heavy atom. The fourth-order valence-electron chi connectivity index (χ4n) is 8.73. The minimum atomic E-state index is -0.555. The molecule has 2 N–H and O–H groups in total. The number of aliphatic hydroxyl groups is 2. The molecule has 1 aromatic rings. The first kappa shape index (κ1) is 22.3. The third kappa shape index (κ3) is 3.59. The summed E-state index contributed by atoms with van der Waals surface area (Å²) in [5, 5.41) is 21.4. The van der Waals surface area contributed by atoms with Crippen LogP contribution in [0.2, 0.25) is 0 Å². The Morgan fingerprint density at radius 1 is 0.938 bits per heavy atom. The third-order valence-electron chi connectivity index (χ3n) is 10.5. The number of ether oxygens (including phenoxy) is 1. The minimum Gasteiger partial charge on any atom is -0.497 e. The maximum atomic E-state index is 11.2. The van der Waals surface area contributed by atoms with Crippen molar-refractivity contribution in [3.63, 3.8) is 0 Å². The number of aliphatic hydroxyl groups excluding tert-OH is 2. The molecule has 0 saturated heterocycles. The van der Waals surface area contributed by atoms with Gasteiger partial charge in [0.1, 0.15) is 11.9 Å². The molecule has 4 saturated carbocycles. The van der Waals surface area contributed by atoms with Gasteiger partial charge in [0.05, 0.1) is 13.2 Å². The second-order valence-corrected chi connectivity index (χ2v) is 11.8. The number of benzene rings is 1. The van der Waals surface area contributed by atoms with Gasteiger partial charge >= 0.3 is 0 Å². The van der Waals surface area contributed by atoms with Crippen molar-refractivity contribution < 1.29 is 14.9 Å². The van der Waals surface area contributed by atoms with Crippen LogP contribution in [-0.2, 0) is 0 Å². The molecule has 0 unspecified atom stereocenters. The van der Waals surface area contributed by atoms with Crippen LogP contribution in [0.5, 0.6) is 5.75 Å². The lowest BCUT2D eigenvalue weighted by atomic mass is 9.44. The fourth-order valence-corrected chi connectivity index (χ4v) is 8.73. The lowest BCUT2D eigenvalue weighted by molar-refractivity contribution is -0.130. The van der Waals surface area contributed by atoms with Crippen LogP contribution in [0.3, 0.4) is 0 Å². The van der Waals surface area contributed by atoms with Crippen molar-refractivity contribution in [3.05, 3.63) is 29.8 Å². The second-order valence-electron chi connectivity index (χ2n) is 11.8. The average molecular weight is 437 g/mol. The molecule has 3 heteroatoms. The van der Waals surface area contributed by atoms with Crippen LogP contribution < -0.4 is 4.74 Å². The van der Waals surface area contributed by atoms with Gasteiger partial charge in [0.25, 0.3) is 0 Å². The van der Waals surface area contributed by atoms with Gasteiger partial charge in [-0.1, -0.05) is 25.7 Å². The van der Waals surface area contributed by atoms with Crippen LogP contribution in [0.15, 0.2) is 24.3 Å². The van der Waals surface area contributed by atoms with E-state index in [2.05, 4.69) is 25.7 Å². The molecule has 0 spiro atoms. The Balaban J connectivity index is 1.32. The van der Waals surface area contributed by atoms with Gasteiger partial charge in [-0.3, -0.25) is 0 Å². The van der Waals surface area contributed by atoms with Crippen molar-refractivity contribution in [2.45, 2.75) is 83.8 Å². The normalized spacial score (nSPS) is 43.8. The highest BCUT2D eigenvalue weighted by molar-refractivity contribution is 5.39. The first-order chi connectivity index (χ1) is 15.3. The number of fused-ring (bicyclic) bond motifs is 5. The largest absolute Gasteiger partial charge is 0.497 e. The van der Waals surface area contributed by atoms with Crippen molar-refractivity contribution in [1.29, 1.82) is 0 Å². The Hall–Kier alpha value is -1.50. The highest BCUT2D eigenvalue weighted by atomic mass is 16.5. The van der Waals surface area contributed by atoms with Crippen molar-refractivity contribution in [3.8, 4) is 17.6 Å². The Labute approximate surface area is 194 Å². The molecule has 0 amide bonds. The van der Waals surface area contributed by atoms with Gasteiger partial charge in [-0.15, -0.1) is 0 Å². The summed E-state index contributed by atoms with van der Waals surface area (Å²) in [6.07, 6.45) is 10.0. The van der Waals surface area contributed by atoms with E-state index in [1.54, 1.807) is 7.11 Å². The first-order valence-electron chi connectivity index (χ1n) is 12.9. The van der Waals surface area contributed by atoms with Gasteiger partial charge in [0, 0.05) is 11.5 Å². The smallest absolute Gasteiger partial charge is 0.118 e. The average Bonchev–Trinajstić information content (AvgIpc) is 3.15. The Kier molecular flexibility index (Phi) is 5.83. The van der Waals surface area contributed by atoms with E-state index >= 15 is 0 Å². The van der Waals surface area contributed by atoms with Crippen LogP contribution in [0.1, 0.15) is 77.2 Å². The van der Waals surface area contributed by atoms with E-state index in [1.807, 2.05) is 24.3 Å². The van der Waals surface area contributed by atoms with E-state index in [4.69, 9.17) is 4.74 Å². The highest BCUT2D eigenvalue weighted by Crippen LogP contribution is 2.67. The third-order valence-corrected chi connectivity index (χ3v) is 10.5. The van der Waals surface area contributed by atoms with Crippen molar-refractivity contribution in [2.24, 2.45) is 40.4 Å². The molecule has 1 aromatic carbocycles. The summed E-state index contributed by atoms with van der Waals surface area (Å²) >= 11 is 0. The van der Waals surface area contributed by atoms with E-state index in [9.17, 15) is 10.2 Å². The summed E-state index contributed by atoms with van der Waals surface area (Å²) in [5.41, 5.74) is 1.54. The van der Waals surface area contributed by atoms with Gasteiger partial charge < -0.3 is 14.9 Å². The molecule has 9 atom stereocenters. The van der Waals surface area contributed by atoms with Crippen LogP contribution >= 0.6 is 0 Å². The lowest BCUT2D eigenvalue weighted by Gasteiger charge is -2.61. The standard InChI is InChI=1S/C29H40O3/c1-28-16-14-21(30)18-20(28)7-10-23-24-11-12-26(29(24,2)17-15-25(23)28)27(31)13-6-19-4-8-22(32-3)9-5-19/h4-5,8-9,20-21,23-27,30-31H,7,10-12,14-18H2,1-3H3/t20-,21+,23-,24-,25-,26+,27-,28-,29-/m0/s1. The fraction of sp³-hybridized carbons (Fsp3) is 0.724. The molecule has 0 radical (unpaired) electrons. The van der Waals surface area contributed by atoms with Gasteiger partial charge in [-0.2, -0.15) is 0 Å². The second kappa shape index (κ2) is 8.37. The van der Waals surface area contributed by atoms with Crippen LogP contribution in [-0.4, -0.2) is 29.5 Å². The zero-order chi connectivity index (χ0) is 22.5. The van der Waals surface area contributed by atoms with Crippen molar-refractivity contribution in [1.82, 2.24) is 0 Å². The van der Waals surface area contributed by atoms with Gasteiger partial charge in [0.15, 0.2) is 0 Å². The SMILES string of the molecule is COc1ccc(C#C[C@H](O)[C@H]2CC[C@H]3[C@@H]4CC[C@H]5C[C@H](O)CC[C@]5(C)[C@H]4CC[C@]23C)cc1. The summed E-state index contributed by atoms with van der Waals surface area (Å²) in [6.45, 7) is 5.01. The molecular weight excluding hydrogens is 396 g/mol. The molecule has 0 aliphatic heterocycles. The highest BCUT2D eigenvalue weighted by Gasteiger charge is 2.60. The minimum absolute atomic E-state index is 0.0752. The predicted molar refractivity (Wildman–Crippen MR) is 127 cm³/mol. The van der Waals surface area contributed by atoms with E-state index in [0.29, 0.717) is 17.3 Å². The van der Waals surface area contributed by atoms with Gasteiger partial charge in [-0.05, 0) is 117 Å². The summed E-state index contributed by atoms with van der Waals surface area (Å²) < 4.78 is 5.23. The summed E-state index contributed by atoms with van der Waals surface area (Å²) in [6, 6.07) is 7.77. The zero-order valence-electron chi connectivity index (χ0n) is 20.0. The molecule has 0 heterocycles. The monoisotopic (exact) mass is 436 g/mol. The summed E-state index contributed by atoms with van der Waals surface area (Å²) in [7, 11) is 1.67. The maximum Gasteiger partial charge on any atom is 0.118 e. The molecule has 4 fully saturated rings. The Bertz CT molecular complexity index is 882. The molecule has 4 aliphatic carbocycles. The number of rotatable bonds is 2. The maximum absolute atomic E-state index is 11.2.